The molecule has 0 aliphatic carbocycles. The topological polar surface area (TPSA) is 36.7 Å². The van der Waals surface area contributed by atoms with Crippen LogP contribution in [-0.2, 0) is 24.3 Å². The van der Waals surface area contributed by atoms with E-state index in [9.17, 15) is 4.79 Å². The van der Waals surface area contributed by atoms with Gasteiger partial charge in [0.25, 0.3) is 5.91 Å². The minimum absolute atomic E-state index is 0.0414. The fourth-order valence-corrected chi connectivity index (χ4v) is 4.24. The van der Waals surface area contributed by atoms with Crippen LogP contribution in [0.4, 0.5) is 0 Å². The summed E-state index contributed by atoms with van der Waals surface area (Å²) in [6.45, 7) is 2.13. The van der Waals surface area contributed by atoms with Crippen molar-refractivity contribution in [2.45, 2.75) is 19.5 Å². The van der Waals surface area contributed by atoms with Crippen molar-refractivity contribution in [1.82, 2.24) is 9.80 Å². The molecule has 2 aliphatic heterocycles. The molecule has 24 heavy (non-hydrogen) atoms. The Labute approximate surface area is 150 Å². The van der Waals surface area contributed by atoms with Gasteiger partial charge in [0.2, 0.25) is 0 Å². The number of thioether (sulfide) groups is 1. The Morgan fingerprint density at radius 3 is 2.83 bits per heavy atom. The van der Waals surface area contributed by atoms with Gasteiger partial charge in [-0.15, -0.1) is 0 Å². The lowest BCUT2D eigenvalue weighted by Gasteiger charge is -2.27. The Morgan fingerprint density at radius 1 is 1.21 bits per heavy atom. The summed E-state index contributed by atoms with van der Waals surface area (Å²) in [5, 5.41) is 0. The normalized spacial score (nSPS) is 19.2. The predicted octanol–water partition coefficient (Wildman–Crippen LogP) is 3.54. The third-order valence-electron chi connectivity index (χ3n) is 4.23. The van der Waals surface area contributed by atoms with Gasteiger partial charge in [0, 0.05) is 19.3 Å². The predicted molar refractivity (Wildman–Crippen MR) is 98.1 cm³/mol. The zero-order valence-corrected chi connectivity index (χ0v) is 14.6. The van der Waals surface area contributed by atoms with Crippen LogP contribution in [0.15, 0.2) is 58.2 Å². The fraction of sp³-hybridized carbons (Fsp3) is 0.222. The van der Waals surface area contributed by atoms with Crippen LogP contribution in [-0.4, -0.2) is 26.6 Å². The average molecular weight is 356 g/mol. The second kappa shape index (κ2) is 6.45. The highest BCUT2D eigenvalue weighted by atomic mass is 32.2. The fourth-order valence-electron chi connectivity index (χ4n) is 2.98. The molecule has 0 spiro atoms. The summed E-state index contributed by atoms with van der Waals surface area (Å²) in [4.78, 5) is 17.1. The van der Waals surface area contributed by atoms with Crippen molar-refractivity contribution in [3.8, 4) is 0 Å². The van der Waals surface area contributed by atoms with Gasteiger partial charge in [-0.3, -0.25) is 9.69 Å². The highest BCUT2D eigenvalue weighted by molar-refractivity contribution is 8.26. The third kappa shape index (κ3) is 2.99. The highest BCUT2D eigenvalue weighted by Crippen LogP contribution is 2.33. The SMILES string of the molecule is O=C1/C(=C/N2CCc3ccccc3C2)SC(=S)N1Cc1ccco1. The Kier molecular flexibility index (Phi) is 4.16. The number of thiocarbonyl (C=S) groups is 1. The van der Waals surface area contributed by atoms with E-state index in [4.69, 9.17) is 16.6 Å². The molecule has 0 unspecified atom stereocenters. The van der Waals surface area contributed by atoms with E-state index in [1.807, 2.05) is 18.3 Å². The Morgan fingerprint density at radius 2 is 2.04 bits per heavy atom. The average Bonchev–Trinajstić information content (AvgIpc) is 3.19. The lowest BCUT2D eigenvalue weighted by Crippen LogP contribution is -2.29. The maximum atomic E-state index is 12.6. The van der Waals surface area contributed by atoms with Crippen LogP contribution in [0.1, 0.15) is 16.9 Å². The van der Waals surface area contributed by atoms with Crippen molar-refractivity contribution in [3.63, 3.8) is 0 Å². The molecule has 1 fully saturated rings. The zero-order valence-electron chi connectivity index (χ0n) is 13.0. The molecule has 122 valence electrons. The van der Waals surface area contributed by atoms with Crippen molar-refractivity contribution in [2.24, 2.45) is 0 Å². The largest absolute Gasteiger partial charge is 0.467 e. The first-order valence-electron chi connectivity index (χ1n) is 7.79. The molecular weight excluding hydrogens is 340 g/mol. The summed E-state index contributed by atoms with van der Waals surface area (Å²) >= 11 is 6.73. The molecule has 6 heteroatoms. The first kappa shape index (κ1) is 15.5. The van der Waals surface area contributed by atoms with E-state index >= 15 is 0 Å². The summed E-state index contributed by atoms with van der Waals surface area (Å²) in [6.07, 6.45) is 4.56. The molecule has 2 aromatic rings. The smallest absolute Gasteiger partial charge is 0.268 e. The number of carbonyl (C=O) groups excluding carboxylic acids is 1. The number of benzene rings is 1. The molecule has 0 radical (unpaired) electrons. The molecule has 4 rings (SSSR count). The van der Waals surface area contributed by atoms with E-state index in [2.05, 4.69) is 29.2 Å². The maximum absolute atomic E-state index is 12.6. The van der Waals surface area contributed by atoms with Gasteiger partial charge in [-0.25, -0.2) is 0 Å². The molecule has 0 saturated carbocycles. The van der Waals surface area contributed by atoms with Gasteiger partial charge in [-0.05, 0) is 29.7 Å². The van der Waals surface area contributed by atoms with Gasteiger partial charge < -0.3 is 9.32 Å². The Hall–Kier alpha value is -2.05. The first-order chi connectivity index (χ1) is 11.7. The highest BCUT2D eigenvalue weighted by Gasteiger charge is 2.33. The van der Waals surface area contributed by atoms with Crippen LogP contribution >= 0.6 is 24.0 Å². The molecule has 0 atom stereocenters. The molecule has 1 aromatic carbocycles. The second-order valence-corrected chi connectivity index (χ2v) is 7.50. The lowest BCUT2D eigenvalue weighted by molar-refractivity contribution is -0.122. The standard InChI is InChI=1S/C18H16N2O2S2/c21-17-16(24-18(23)20(17)11-15-6-3-9-22-15)12-19-8-7-13-4-1-2-5-14(13)10-19/h1-6,9,12H,7-8,10-11H2/b16-12-. The number of nitrogens with zero attached hydrogens (tertiary/aromatic N) is 2. The van der Waals surface area contributed by atoms with Gasteiger partial charge in [0.1, 0.15) is 10.1 Å². The number of rotatable bonds is 3. The molecule has 0 N–H and O–H groups in total. The lowest BCUT2D eigenvalue weighted by atomic mass is 10.0. The van der Waals surface area contributed by atoms with Crippen LogP contribution in [0.25, 0.3) is 0 Å². The van der Waals surface area contributed by atoms with Gasteiger partial charge in [0.05, 0.1) is 17.7 Å². The van der Waals surface area contributed by atoms with Crippen molar-refractivity contribution in [2.75, 3.05) is 6.54 Å². The van der Waals surface area contributed by atoms with Crippen LogP contribution in [0, 0.1) is 0 Å². The molecule has 1 aromatic heterocycles. The van der Waals surface area contributed by atoms with E-state index in [0.29, 0.717) is 15.8 Å². The number of fused-ring (bicyclic) bond motifs is 1. The maximum Gasteiger partial charge on any atom is 0.268 e. The third-order valence-corrected chi connectivity index (χ3v) is 5.59. The second-order valence-electron chi connectivity index (χ2n) is 5.82. The minimum Gasteiger partial charge on any atom is -0.467 e. The van der Waals surface area contributed by atoms with Crippen LogP contribution in [0.3, 0.4) is 0 Å². The van der Waals surface area contributed by atoms with E-state index in [0.717, 1.165) is 25.3 Å². The van der Waals surface area contributed by atoms with Crippen molar-refractivity contribution < 1.29 is 9.21 Å². The molecule has 3 heterocycles. The molecule has 4 nitrogen and oxygen atoms in total. The summed E-state index contributed by atoms with van der Waals surface area (Å²) in [6, 6.07) is 12.1. The minimum atomic E-state index is -0.0414. The number of furan rings is 1. The summed E-state index contributed by atoms with van der Waals surface area (Å²) in [5.41, 5.74) is 2.72. The molecular formula is C18H16N2O2S2. The number of carbonyl (C=O) groups is 1. The van der Waals surface area contributed by atoms with Gasteiger partial charge in [-0.1, -0.05) is 48.2 Å². The number of hydrogen-bond donors (Lipinski definition) is 0. The van der Waals surface area contributed by atoms with Gasteiger partial charge >= 0.3 is 0 Å². The van der Waals surface area contributed by atoms with Gasteiger partial charge in [-0.2, -0.15) is 0 Å². The van der Waals surface area contributed by atoms with E-state index in [-0.39, 0.29) is 5.91 Å². The van der Waals surface area contributed by atoms with E-state index in [1.165, 1.54) is 22.9 Å². The quantitative estimate of drug-likeness (QED) is 0.621. The monoisotopic (exact) mass is 356 g/mol. The molecule has 1 saturated heterocycles. The number of amides is 1. The summed E-state index contributed by atoms with van der Waals surface area (Å²) in [7, 11) is 0. The molecule has 0 bridgehead atoms. The van der Waals surface area contributed by atoms with E-state index < -0.39 is 0 Å². The zero-order chi connectivity index (χ0) is 16.5. The van der Waals surface area contributed by atoms with E-state index in [1.54, 1.807) is 11.2 Å². The Bertz CT molecular complexity index is 814. The van der Waals surface area contributed by atoms with Crippen molar-refractivity contribution in [3.05, 3.63) is 70.7 Å². The first-order valence-corrected chi connectivity index (χ1v) is 9.02. The van der Waals surface area contributed by atoms with Crippen LogP contribution in [0.5, 0.6) is 0 Å². The number of hydrogen-bond acceptors (Lipinski definition) is 5. The summed E-state index contributed by atoms with van der Waals surface area (Å²) < 4.78 is 5.91. The Balaban J connectivity index is 1.50. The molecule has 2 aliphatic rings. The van der Waals surface area contributed by atoms with Crippen molar-refractivity contribution in [1.29, 1.82) is 0 Å². The summed E-state index contributed by atoms with van der Waals surface area (Å²) in [5.74, 6) is 0.694. The van der Waals surface area contributed by atoms with Crippen molar-refractivity contribution >= 4 is 34.2 Å². The van der Waals surface area contributed by atoms with Crippen LogP contribution < -0.4 is 0 Å². The van der Waals surface area contributed by atoms with Gasteiger partial charge in [0.15, 0.2) is 0 Å². The van der Waals surface area contributed by atoms with Crippen LogP contribution in [0.2, 0.25) is 0 Å². The molecule has 1 amide bonds.